The minimum absolute atomic E-state index is 0.00418. The van der Waals surface area contributed by atoms with Crippen molar-refractivity contribution >= 4 is 11.4 Å². The molecule has 0 fully saturated rings. The van der Waals surface area contributed by atoms with Crippen LogP contribution in [0.25, 0.3) is 16.9 Å². The van der Waals surface area contributed by atoms with Gasteiger partial charge in [-0.1, -0.05) is 24.6 Å². The van der Waals surface area contributed by atoms with Crippen molar-refractivity contribution in [1.82, 2.24) is 14.6 Å². The van der Waals surface area contributed by atoms with Crippen LogP contribution in [0, 0.1) is 13.8 Å². The lowest BCUT2D eigenvalue weighted by molar-refractivity contribution is 0.0983. The van der Waals surface area contributed by atoms with Gasteiger partial charge in [0, 0.05) is 24.2 Å². The molecule has 0 atom stereocenters. The van der Waals surface area contributed by atoms with E-state index in [0.29, 0.717) is 29.3 Å². The number of ether oxygens (including phenoxy) is 3. The van der Waals surface area contributed by atoms with Crippen LogP contribution in [0.4, 0.5) is 0 Å². The standard InChI is InChI=1S/C18H19N3O3.C9H12O/c1-5-15(22)13-10-18-19-7-6-14(21(18)20-13)12-9-17(24-4)16(23-3)8-11(12)2;1-3-10-9-6-4-8(2)5-7-9/h6-10H,5H2,1-4H3;4-7H,3H2,1-2H3. The van der Waals surface area contributed by atoms with Crippen LogP contribution in [-0.2, 0) is 0 Å². The van der Waals surface area contributed by atoms with E-state index in [1.165, 1.54) is 5.56 Å². The smallest absolute Gasteiger partial charge is 0.182 e. The van der Waals surface area contributed by atoms with Gasteiger partial charge in [-0.3, -0.25) is 4.79 Å². The quantitative estimate of drug-likeness (QED) is 0.328. The molecule has 4 rings (SSSR count). The molecule has 0 unspecified atom stereocenters. The molecule has 0 N–H and O–H groups in total. The number of carbonyl (C=O) groups is 1. The Morgan fingerprint density at radius 2 is 1.62 bits per heavy atom. The molecule has 2 aromatic heterocycles. The second kappa shape index (κ2) is 11.3. The number of methoxy groups -OCH3 is 2. The fraction of sp³-hybridized carbons (Fsp3) is 0.296. The first-order valence-corrected chi connectivity index (χ1v) is 11.2. The first-order chi connectivity index (χ1) is 16.4. The molecule has 0 radical (unpaired) electrons. The fourth-order valence-electron chi connectivity index (χ4n) is 3.47. The number of hydrogen-bond donors (Lipinski definition) is 0. The summed E-state index contributed by atoms with van der Waals surface area (Å²) in [5.74, 6) is 2.26. The first-order valence-electron chi connectivity index (χ1n) is 11.2. The third kappa shape index (κ3) is 5.54. The number of hydrogen-bond acceptors (Lipinski definition) is 6. The number of rotatable bonds is 7. The zero-order chi connectivity index (χ0) is 24.7. The number of carbonyl (C=O) groups excluding carboxylic acids is 1. The number of benzene rings is 2. The van der Waals surface area contributed by atoms with Gasteiger partial charge in [0.15, 0.2) is 22.9 Å². The second-order valence-electron chi connectivity index (χ2n) is 7.67. The van der Waals surface area contributed by atoms with Gasteiger partial charge in [0.1, 0.15) is 11.4 Å². The SMILES string of the molecule is CCC(=O)c1cc2nccc(-c3cc(OC)c(OC)cc3C)n2n1.CCOc1ccc(C)cc1. The number of Topliss-reactive ketones (excluding diaryl/α,β-unsaturated/α-hetero) is 1. The molecule has 178 valence electrons. The molecular formula is C27H31N3O4. The van der Waals surface area contributed by atoms with Crippen molar-refractivity contribution in [3.8, 4) is 28.5 Å². The van der Waals surface area contributed by atoms with E-state index in [4.69, 9.17) is 14.2 Å². The molecule has 0 saturated heterocycles. The molecule has 0 saturated carbocycles. The van der Waals surface area contributed by atoms with Gasteiger partial charge in [-0.2, -0.15) is 5.10 Å². The highest BCUT2D eigenvalue weighted by Gasteiger charge is 2.16. The lowest BCUT2D eigenvalue weighted by Gasteiger charge is -2.13. The van der Waals surface area contributed by atoms with E-state index in [-0.39, 0.29) is 5.78 Å². The third-order valence-electron chi connectivity index (χ3n) is 5.30. The number of aryl methyl sites for hydroxylation is 2. The van der Waals surface area contributed by atoms with Gasteiger partial charge in [-0.15, -0.1) is 0 Å². The molecule has 0 bridgehead atoms. The van der Waals surface area contributed by atoms with Crippen LogP contribution in [0.15, 0.2) is 54.7 Å². The average Bonchev–Trinajstić information content (AvgIpc) is 3.30. The van der Waals surface area contributed by atoms with Crippen LogP contribution in [0.3, 0.4) is 0 Å². The predicted molar refractivity (Wildman–Crippen MR) is 133 cm³/mol. The average molecular weight is 462 g/mol. The first kappa shape index (κ1) is 24.8. The van der Waals surface area contributed by atoms with Gasteiger partial charge in [-0.05, 0) is 56.7 Å². The van der Waals surface area contributed by atoms with E-state index in [1.807, 2.05) is 63.2 Å². The van der Waals surface area contributed by atoms with Crippen molar-refractivity contribution in [2.24, 2.45) is 0 Å². The zero-order valence-corrected chi connectivity index (χ0v) is 20.6. The monoisotopic (exact) mass is 461 g/mol. The maximum absolute atomic E-state index is 11.9. The Morgan fingerprint density at radius 3 is 2.24 bits per heavy atom. The topological polar surface area (TPSA) is 75.0 Å². The summed E-state index contributed by atoms with van der Waals surface area (Å²) in [6.45, 7) is 8.60. The molecular weight excluding hydrogens is 430 g/mol. The zero-order valence-electron chi connectivity index (χ0n) is 20.6. The molecule has 7 nitrogen and oxygen atoms in total. The Morgan fingerprint density at radius 1 is 0.941 bits per heavy atom. The summed E-state index contributed by atoms with van der Waals surface area (Å²) >= 11 is 0. The molecule has 34 heavy (non-hydrogen) atoms. The highest BCUT2D eigenvalue weighted by atomic mass is 16.5. The molecule has 2 heterocycles. The van der Waals surface area contributed by atoms with E-state index in [9.17, 15) is 4.79 Å². The van der Waals surface area contributed by atoms with Crippen LogP contribution >= 0.6 is 0 Å². The Balaban J connectivity index is 0.000000271. The van der Waals surface area contributed by atoms with E-state index in [0.717, 1.165) is 29.2 Å². The van der Waals surface area contributed by atoms with Crippen molar-refractivity contribution in [1.29, 1.82) is 0 Å². The van der Waals surface area contributed by atoms with Crippen molar-refractivity contribution < 1.29 is 19.0 Å². The summed E-state index contributed by atoms with van der Waals surface area (Å²) in [6.07, 6.45) is 2.12. The van der Waals surface area contributed by atoms with E-state index >= 15 is 0 Å². The molecule has 0 amide bonds. The molecule has 0 aliphatic carbocycles. The van der Waals surface area contributed by atoms with Gasteiger partial charge in [0.2, 0.25) is 0 Å². The molecule has 0 spiro atoms. The number of nitrogens with zero attached hydrogens (tertiary/aromatic N) is 3. The maximum Gasteiger partial charge on any atom is 0.182 e. The minimum Gasteiger partial charge on any atom is -0.494 e. The summed E-state index contributed by atoms with van der Waals surface area (Å²) in [5.41, 5.74) is 5.13. The number of ketones is 1. The van der Waals surface area contributed by atoms with Crippen molar-refractivity contribution in [2.45, 2.75) is 34.1 Å². The Labute approximate surface area is 200 Å². The second-order valence-corrected chi connectivity index (χ2v) is 7.67. The summed E-state index contributed by atoms with van der Waals surface area (Å²) in [5, 5.41) is 4.43. The molecule has 0 aliphatic heterocycles. The molecule has 4 aromatic rings. The Hall–Kier alpha value is -3.87. The van der Waals surface area contributed by atoms with Crippen LogP contribution in [0.1, 0.15) is 41.9 Å². The lowest BCUT2D eigenvalue weighted by atomic mass is 10.0. The van der Waals surface area contributed by atoms with Gasteiger partial charge in [-0.25, -0.2) is 9.50 Å². The van der Waals surface area contributed by atoms with E-state index in [2.05, 4.69) is 17.0 Å². The van der Waals surface area contributed by atoms with Crippen molar-refractivity contribution in [2.75, 3.05) is 20.8 Å². The summed E-state index contributed by atoms with van der Waals surface area (Å²) in [4.78, 5) is 16.2. The third-order valence-corrected chi connectivity index (χ3v) is 5.30. The summed E-state index contributed by atoms with van der Waals surface area (Å²) in [6, 6.07) is 15.5. The number of fused-ring (bicyclic) bond motifs is 1. The van der Waals surface area contributed by atoms with Gasteiger partial charge >= 0.3 is 0 Å². The van der Waals surface area contributed by atoms with E-state index in [1.54, 1.807) is 31.0 Å². The Kier molecular flexibility index (Phi) is 8.24. The van der Waals surface area contributed by atoms with Crippen LogP contribution in [0.5, 0.6) is 17.2 Å². The summed E-state index contributed by atoms with van der Waals surface area (Å²) < 4.78 is 17.7. The van der Waals surface area contributed by atoms with Crippen LogP contribution in [0.2, 0.25) is 0 Å². The minimum atomic E-state index is -0.00418. The van der Waals surface area contributed by atoms with E-state index < -0.39 is 0 Å². The molecule has 7 heteroatoms. The largest absolute Gasteiger partial charge is 0.494 e. The predicted octanol–water partition coefficient (Wildman–Crippen LogP) is 5.71. The number of aromatic nitrogens is 3. The lowest BCUT2D eigenvalue weighted by Crippen LogP contribution is -2.01. The molecule has 0 aliphatic rings. The van der Waals surface area contributed by atoms with Gasteiger partial charge in [0.25, 0.3) is 0 Å². The van der Waals surface area contributed by atoms with Crippen molar-refractivity contribution in [3.63, 3.8) is 0 Å². The van der Waals surface area contributed by atoms with Crippen LogP contribution < -0.4 is 14.2 Å². The molecule has 2 aromatic carbocycles. The Bertz CT molecular complexity index is 1260. The maximum atomic E-state index is 11.9. The van der Waals surface area contributed by atoms with Gasteiger partial charge < -0.3 is 14.2 Å². The normalized spacial score (nSPS) is 10.4. The highest BCUT2D eigenvalue weighted by molar-refractivity contribution is 5.95. The van der Waals surface area contributed by atoms with Crippen LogP contribution in [-0.4, -0.2) is 41.2 Å². The summed E-state index contributed by atoms with van der Waals surface area (Å²) in [7, 11) is 3.21. The van der Waals surface area contributed by atoms with Crippen molar-refractivity contribution in [3.05, 3.63) is 71.5 Å². The fourth-order valence-corrected chi connectivity index (χ4v) is 3.47. The van der Waals surface area contributed by atoms with Gasteiger partial charge in [0.05, 0.1) is 26.5 Å². The highest BCUT2D eigenvalue weighted by Crippen LogP contribution is 2.35.